The average Bonchev–Trinajstić information content (AvgIpc) is 3.18. The Morgan fingerprint density at radius 2 is 1.89 bits per heavy atom. The molecule has 1 saturated heterocycles. The lowest BCUT2D eigenvalue weighted by Crippen LogP contribution is -2.40. The van der Waals surface area contributed by atoms with E-state index in [1.807, 2.05) is 18.2 Å². The minimum atomic E-state index is 0.0690. The molecule has 1 aliphatic carbocycles. The van der Waals surface area contributed by atoms with Gasteiger partial charge in [-0.15, -0.1) is 0 Å². The zero-order chi connectivity index (χ0) is 19.5. The normalized spacial score (nSPS) is 18.6. The minimum Gasteiger partial charge on any atom is -0.349 e. The van der Waals surface area contributed by atoms with Crippen LogP contribution in [0.4, 0.5) is 0 Å². The smallest absolute Gasteiger partial charge is 0.223 e. The van der Waals surface area contributed by atoms with E-state index >= 15 is 0 Å². The number of aryl methyl sites for hydroxylation is 2. The second-order valence-corrected chi connectivity index (χ2v) is 8.66. The highest BCUT2D eigenvalue weighted by atomic mass is 35.5. The topological polar surface area (TPSA) is 32.3 Å². The number of rotatable bonds is 5. The largest absolute Gasteiger partial charge is 0.349 e. The minimum absolute atomic E-state index is 0.0690. The highest BCUT2D eigenvalue weighted by Gasteiger charge is 2.26. The molecule has 1 heterocycles. The van der Waals surface area contributed by atoms with Gasteiger partial charge in [0.1, 0.15) is 0 Å². The molecule has 4 rings (SSSR count). The molecule has 2 aromatic rings. The van der Waals surface area contributed by atoms with Crippen molar-refractivity contribution in [3.8, 4) is 0 Å². The Bertz CT molecular complexity index is 842. The van der Waals surface area contributed by atoms with Crippen molar-refractivity contribution in [3.05, 3.63) is 69.7 Å². The molecule has 2 aromatic carbocycles. The van der Waals surface area contributed by atoms with Crippen LogP contribution in [0.2, 0.25) is 5.02 Å². The highest BCUT2D eigenvalue weighted by Crippen LogP contribution is 2.27. The van der Waals surface area contributed by atoms with Crippen LogP contribution >= 0.6 is 11.6 Å². The molecule has 2 aliphatic rings. The number of nitrogens with zero attached hydrogens (tertiary/aromatic N) is 1. The lowest BCUT2D eigenvalue weighted by Gasteiger charge is -2.32. The number of halogens is 1. The molecule has 28 heavy (non-hydrogen) atoms. The summed E-state index contributed by atoms with van der Waals surface area (Å²) in [6.07, 6.45) is 5.45. The van der Waals surface area contributed by atoms with E-state index in [-0.39, 0.29) is 17.9 Å². The number of carbonyl (C=O) groups excluding carboxylic acids is 1. The van der Waals surface area contributed by atoms with Gasteiger partial charge in [0.15, 0.2) is 0 Å². The molecule has 4 heteroatoms. The number of benzene rings is 2. The van der Waals surface area contributed by atoms with Crippen molar-refractivity contribution >= 4 is 17.5 Å². The van der Waals surface area contributed by atoms with E-state index in [0.29, 0.717) is 0 Å². The van der Waals surface area contributed by atoms with Crippen LogP contribution in [0, 0.1) is 5.92 Å². The number of nitrogens with one attached hydrogen (secondary N) is 1. The average molecular weight is 397 g/mol. The monoisotopic (exact) mass is 396 g/mol. The Hall–Kier alpha value is -1.84. The Labute approximate surface area is 173 Å². The number of amides is 1. The molecule has 0 bridgehead atoms. The first kappa shape index (κ1) is 19.5. The van der Waals surface area contributed by atoms with Gasteiger partial charge in [0.05, 0.1) is 6.04 Å². The van der Waals surface area contributed by atoms with Crippen molar-refractivity contribution in [3.63, 3.8) is 0 Å². The van der Waals surface area contributed by atoms with Crippen LogP contribution in [0.5, 0.6) is 0 Å². The lowest BCUT2D eigenvalue weighted by molar-refractivity contribution is -0.127. The molecule has 1 aliphatic heterocycles. The van der Waals surface area contributed by atoms with Gasteiger partial charge in [-0.3, -0.25) is 9.69 Å². The third kappa shape index (κ3) is 4.42. The first-order chi connectivity index (χ1) is 13.6. The number of fused-ring (bicyclic) bond motifs is 1. The number of hydrogen-bond donors (Lipinski definition) is 1. The SMILES string of the molecule is CC(NC(=O)C1CCN(Cc2ccccc2Cl)CC1)c1ccc2c(c1)CCC2. The van der Waals surface area contributed by atoms with Crippen molar-refractivity contribution < 1.29 is 4.79 Å². The molecule has 1 N–H and O–H groups in total. The summed E-state index contributed by atoms with van der Waals surface area (Å²) in [4.78, 5) is 15.2. The fourth-order valence-electron chi connectivity index (χ4n) is 4.50. The van der Waals surface area contributed by atoms with E-state index in [4.69, 9.17) is 11.6 Å². The van der Waals surface area contributed by atoms with Crippen LogP contribution in [-0.4, -0.2) is 23.9 Å². The van der Waals surface area contributed by atoms with Crippen LogP contribution < -0.4 is 5.32 Å². The zero-order valence-corrected chi connectivity index (χ0v) is 17.3. The van der Waals surface area contributed by atoms with Crippen molar-refractivity contribution in [1.29, 1.82) is 0 Å². The third-order valence-electron chi connectivity index (χ3n) is 6.29. The predicted octanol–water partition coefficient (Wildman–Crippen LogP) is 4.92. The molecule has 0 aromatic heterocycles. The summed E-state index contributed by atoms with van der Waals surface area (Å²) in [5, 5.41) is 4.08. The number of carbonyl (C=O) groups is 1. The summed E-state index contributed by atoms with van der Waals surface area (Å²) in [5.74, 6) is 0.310. The van der Waals surface area contributed by atoms with Gasteiger partial charge in [0.25, 0.3) is 0 Å². The van der Waals surface area contributed by atoms with E-state index in [0.717, 1.165) is 43.1 Å². The van der Waals surface area contributed by atoms with Crippen molar-refractivity contribution in [2.24, 2.45) is 5.92 Å². The maximum atomic E-state index is 12.8. The molecule has 148 valence electrons. The van der Waals surface area contributed by atoms with Crippen molar-refractivity contribution in [2.45, 2.75) is 51.6 Å². The number of piperidine rings is 1. The molecule has 1 unspecified atom stereocenters. The van der Waals surface area contributed by atoms with Gasteiger partial charge in [-0.2, -0.15) is 0 Å². The van der Waals surface area contributed by atoms with E-state index in [1.54, 1.807) is 0 Å². The Morgan fingerprint density at radius 3 is 2.68 bits per heavy atom. The maximum Gasteiger partial charge on any atom is 0.223 e. The second kappa shape index (κ2) is 8.67. The summed E-state index contributed by atoms with van der Waals surface area (Å²) in [5.41, 5.74) is 5.34. The maximum absolute atomic E-state index is 12.8. The summed E-state index contributed by atoms with van der Waals surface area (Å²) < 4.78 is 0. The van der Waals surface area contributed by atoms with E-state index < -0.39 is 0 Å². The van der Waals surface area contributed by atoms with Crippen LogP contribution in [0.1, 0.15) is 54.5 Å². The first-order valence-corrected chi connectivity index (χ1v) is 10.9. The van der Waals surface area contributed by atoms with Gasteiger partial charge >= 0.3 is 0 Å². The fraction of sp³-hybridized carbons (Fsp3) is 0.458. The third-order valence-corrected chi connectivity index (χ3v) is 6.66. The molecular weight excluding hydrogens is 368 g/mol. The van der Waals surface area contributed by atoms with Gasteiger partial charge in [0, 0.05) is 17.5 Å². The second-order valence-electron chi connectivity index (χ2n) is 8.25. The fourth-order valence-corrected chi connectivity index (χ4v) is 4.69. The van der Waals surface area contributed by atoms with Crippen molar-refractivity contribution in [1.82, 2.24) is 10.2 Å². The summed E-state index contributed by atoms with van der Waals surface area (Å²) in [7, 11) is 0. The van der Waals surface area contributed by atoms with E-state index in [2.05, 4.69) is 41.4 Å². The van der Waals surface area contributed by atoms with E-state index in [1.165, 1.54) is 36.0 Å². The standard InChI is InChI=1S/C24H29ClN2O/c1-17(20-10-9-18-6-4-7-21(18)15-20)26-24(28)19-11-13-27(14-12-19)16-22-5-2-3-8-23(22)25/h2-3,5,8-10,15,17,19H,4,6-7,11-14,16H2,1H3,(H,26,28). The van der Waals surface area contributed by atoms with Gasteiger partial charge in [-0.05, 0) is 80.4 Å². The predicted molar refractivity (Wildman–Crippen MR) is 114 cm³/mol. The Kier molecular flexibility index (Phi) is 6.03. The Morgan fingerprint density at radius 1 is 1.14 bits per heavy atom. The van der Waals surface area contributed by atoms with Crippen LogP contribution in [-0.2, 0) is 24.2 Å². The number of likely N-dealkylation sites (tertiary alicyclic amines) is 1. The highest BCUT2D eigenvalue weighted by molar-refractivity contribution is 6.31. The van der Waals surface area contributed by atoms with E-state index in [9.17, 15) is 4.79 Å². The molecule has 3 nitrogen and oxygen atoms in total. The van der Waals surface area contributed by atoms with Gasteiger partial charge in [-0.1, -0.05) is 48.0 Å². The molecule has 0 radical (unpaired) electrons. The summed E-state index contributed by atoms with van der Waals surface area (Å²) in [6, 6.07) is 14.8. The molecule has 0 saturated carbocycles. The van der Waals surface area contributed by atoms with Crippen LogP contribution in [0.25, 0.3) is 0 Å². The first-order valence-electron chi connectivity index (χ1n) is 10.5. The van der Waals surface area contributed by atoms with Crippen LogP contribution in [0.3, 0.4) is 0 Å². The van der Waals surface area contributed by atoms with Gasteiger partial charge in [0.2, 0.25) is 5.91 Å². The summed E-state index contributed by atoms with van der Waals surface area (Å²) in [6.45, 7) is 4.84. The lowest BCUT2D eigenvalue weighted by atomic mass is 9.94. The molecule has 1 atom stereocenters. The van der Waals surface area contributed by atoms with Gasteiger partial charge in [-0.25, -0.2) is 0 Å². The van der Waals surface area contributed by atoms with Crippen LogP contribution in [0.15, 0.2) is 42.5 Å². The molecule has 1 amide bonds. The van der Waals surface area contributed by atoms with Crippen molar-refractivity contribution in [2.75, 3.05) is 13.1 Å². The molecule has 0 spiro atoms. The number of hydrogen-bond acceptors (Lipinski definition) is 2. The zero-order valence-electron chi connectivity index (χ0n) is 16.6. The Balaban J connectivity index is 1.28. The molecular formula is C24H29ClN2O. The molecule has 1 fully saturated rings. The quantitative estimate of drug-likeness (QED) is 0.778. The van der Waals surface area contributed by atoms with Gasteiger partial charge < -0.3 is 5.32 Å². The summed E-state index contributed by atoms with van der Waals surface area (Å²) >= 11 is 6.28.